The van der Waals surface area contributed by atoms with Gasteiger partial charge in [0.05, 0.1) is 12.1 Å². The Bertz CT molecular complexity index is 618. The molecule has 1 amide bonds. The van der Waals surface area contributed by atoms with Crippen LogP contribution in [0.2, 0.25) is 0 Å². The lowest BCUT2D eigenvalue weighted by atomic mass is 10.0. The second kappa shape index (κ2) is 6.19. The van der Waals surface area contributed by atoms with Crippen molar-refractivity contribution in [3.8, 4) is 0 Å². The third-order valence-corrected chi connectivity index (χ3v) is 3.86. The second-order valence-electron chi connectivity index (χ2n) is 5.86. The third-order valence-electron chi connectivity index (χ3n) is 3.86. The molecule has 0 radical (unpaired) electrons. The van der Waals surface area contributed by atoms with Crippen molar-refractivity contribution in [2.45, 2.75) is 25.1 Å². The summed E-state index contributed by atoms with van der Waals surface area (Å²) in [6, 6.07) is 4.30. The number of carbonyl (C=O) groups is 2. The predicted octanol–water partition coefficient (Wildman–Crippen LogP) is 1.98. The van der Waals surface area contributed by atoms with Gasteiger partial charge in [-0.3, -0.25) is 14.9 Å². The van der Waals surface area contributed by atoms with Crippen molar-refractivity contribution in [3.05, 3.63) is 35.4 Å². The highest BCUT2D eigenvalue weighted by molar-refractivity contribution is 5.94. The zero-order valence-corrected chi connectivity index (χ0v) is 12.5. The standard InChI is InChI=1S/C15H17F3N2O3/c1-14(19-8-12(21)22)5-6-20(9-14)13(23)10-3-2-4-11(7-10)15(16,17)18/h2-4,7,19H,5-6,8-9H2,1H3,(H,21,22)/t14-/m1/s1. The van der Waals surface area contributed by atoms with Gasteiger partial charge in [-0.25, -0.2) is 0 Å². The largest absolute Gasteiger partial charge is 0.480 e. The average Bonchev–Trinajstić information content (AvgIpc) is 2.87. The van der Waals surface area contributed by atoms with Gasteiger partial charge in [0.25, 0.3) is 5.91 Å². The van der Waals surface area contributed by atoms with Crippen LogP contribution in [0.25, 0.3) is 0 Å². The minimum absolute atomic E-state index is 0.0256. The molecule has 1 saturated heterocycles. The van der Waals surface area contributed by atoms with Crippen molar-refractivity contribution < 1.29 is 27.9 Å². The van der Waals surface area contributed by atoms with Crippen LogP contribution in [0.5, 0.6) is 0 Å². The number of likely N-dealkylation sites (tertiary alicyclic amines) is 1. The molecule has 0 unspecified atom stereocenters. The number of alkyl halides is 3. The first kappa shape index (κ1) is 17.3. The van der Waals surface area contributed by atoms with Crippen molar-refractivity contribution in [2.75, 3.05) is 19.6 Å². The summed E-state index contributed by atoms with van der Waals surface area (Å²) in [7, 11) is 0. The van der Waals surface area contributed by atoms with E-state index in [1.54, 1.807) is 6.92 Å². The monoisotopic (exact) mass is 330 g/mol. The van der Waals surface area contributed by atoms with Crippen LogP contribution < -0.4 is 5.32 Å². The van der Waals surface area contributed by atoms with Gasteiger partial charge >= 0.3 is 12.1 Å². The molecule has 1 aliphatic rings. The number of carboxylic acid groups (broad SMARTS) is 1. The topological polar surface area (TPSA) is 69.6 Å². The minimum atomic E-state index is -4.50. The molecular weight excluding hydrogens is 313 g/mol. The van der Waals surface area contributed by atoms with Gasteiger partial charge in [0.15, 0.2) is 0 Å². The van der Waals surface area contributed by atoms with Crippen molar-refractivity contribution in [1.29, 1.82) is 0 Å². The molecule has 2 N–H and O–H groups in total. The Morgan fingerprint density at radius 1 is 1.39 bits per heavy atom. The molecule has 0 bridgehead atoms. The molecule has 5 nitrogen and oxygen atoms in total. The van der Waals surface area contributed by atoms with E-state index in [9.17, 15) is 22.8 Å². The SMILES string of the molecule is C[C@@]1(NCC(=O)O)CCN(C(=O)c2cccc(C(F)(F)F)c2)C1. The van der Waals surface area contributed by atoms with Crippen LogP contribution in [0.4, 0.5) is 13.2 Å². The van der Waals surface area contributed by atoms with E-state index in [1.165, 1.54) is 17.0 Å². The first-order valence-electron chi connectivity index (χ1n) is 7.04. The minimum Gasteiger partial charge on any atom is -0.480 e. The quantitative estimate of drug-likeness (QED) is 0.886. The van der Waals surface area contributed by atoms with Gasteiger partial charge in [0.2, 0.25) is 0 Å². The zero-order valence-electron chi connectivity index (χ0n) is 12.5. The van der Waals surface area contributed by atoms with Gasteiger partial charge in [0.1, 0.15) is 0 Å². The van der Waals surface area contributed by atoms with E-state index in [1.807, 2.05) is 0 Å². The number of benzene rings is 1. The number of hydrogen-bond acceptors (Lipinski definition) is 3. The summed E-state index contributed by atoms with van der Waals surface area (Å²) in [4.78, 5) is 24.4. The van der Waals surface area contributed by atoms with Crippen LogP contribution in [-0.2, 0) is 11.0 Å². The maximum atomic E-state index is 12.7. The maximum absolute atomic E-state index is 12.7. The van der Waals surface area contributed by atoms with E-state index in [0.717, 1.165) is 12.1 Å². The Kier molecular flexibility index (Phi) is 4.65. The van der Waals surface area contributed by atoms with Crippen LogP contribution in [0.1, 0.15) is 29.3 Å². The van der Waals surface area contributed by atoms with Crippen LogP contribution in [0, 0.1) is 0 Å². The first-order valence-corrected chi connectivity index (χ1v) is 7.04. The van der Waals surface area contributed by atoms with Gasteiger partial charge < -0.3 is 10.0 Å². The van der Waals surface area contributed by atoms with Gasteiger partial charge in [-0.2, -0.15) is 13.2 Å². The molecule has 1 aromatic rings. The number of hydrogen-bond donors (Lipinski definition) is 2. The van der Waals surface area contributed by atoms with E-state index in [0.29, 0.717) is 13.0 Å². The molecule has 0 spiro atoms. The lowest BCUT2D eigenvalue weighted by Crippen LogP contribution is -2.47. The normalized spacial score (nSPS) is 21.5. The molecule has 1 heterocycles. The molecule has 1 fully saturated rings. The summed E-state index contributed by atoms with van der Waals surface area (Å²) < 4.78 is 38.2. The maximum Gasteiger partial charge on any atom is 0.416 e. The van der Waals surface area contributed by atoms with Crippen molar-refractivity contribution in [2.24, 2.45) is 0 Å². The summed E-state index contributed by atoms with van der Waals surface area (Å²) in [5, 5.41) is 11.6. The van der Waals surface area contributed by atoms with E-state index in [-0.39, 0.29) is 18.7 Å². The molecule has 8 heteroatoms. The summed E-state index contributed by atoms with van der Waals surface area (Å²) in [6.07, 6.45) is -3.97. The highest BCUT2D eigenvalue weighted by atomic mass is 19.4. The Balaban J connectivity index is 2.09. The van der Waals surface area contributed by atoms with Gasteiger partial charge in [-0.1, -0.05) is 6.07 Å². The first-order chi connectivity index (χ1) is 10.6. The summed E-state index contributed by atoms with van der Waals surface area (Å²) in [5.41, 5.74) is -1.45. The fraction of sp³-hybridized carbons (Fsp3) is 0.467. The number of nitrogens with zero attached hydrogens (tertiary/aromatic N) is 1. The molecule has 126 valence electrons. The van der Waals surface area contributed by atoms with Crippen molar-refractivity contribution in [1.82, 2.24) is 10.2 Å². The lowest BCUT2D eigenvalue weighted by Gasteiger charge is -2.25. The smallest absolute Gasteiger partial charge is 0.416 e. The average molecular weight is 330 g/mol. The van der Waals surface area contributed by atoms with Crippen LogP contribution in [0.3, 0.4) is 0 Å². The number of rotatable bonds is 4. The number of nitrogens with one attached hydrogen (secondary N) is 1. The third kappa shape index (κ3) is 4.22. The Morgan fingerprint density at radius 2 is 2.09 bits per heavy atom. The second-order valence-corrected chi connectivity index (χ2v) is 5.86. The van der Waals surface area contributed by atoms with Gasteiger partial charge in [-0.05, 0) is 31.5 Å². The number of carbonyl (C=O) groups excluding carboxylic acids is 1. The summed E-state index contributed by atoms with van der Waals surface area (Å²) in [5.74, 6) is -1.49. The van der Waals surface area contributed by atoms with E-state index < -0.39 is 29.2 Å². The van der Waals surface area contributed by atoms with Crippen molar-refractivity contribution >= 4 is 11.9 Å². The van der Waals surface area contributed by atoms with E-state index in [4.69, 9.17) is 5.11 Å². The molecular formula is C15H17F3N2O3. The van der Waals surface area contributed by atoms with Crippen LogP contribution in [-0.4, -0.2) is 47.1 Å². The molecule has 2 rings (SSSR count). The number of amides is 1. The fourth-order valence-electron chi connectivity index (χ4n) is 2.58. The highest BCUT2D eigenvalue weighted by Gasteiger charge is 2.37. The fourth-order valence-corrected chi connectivity index (χ4v) is 2.58. The Morgan fingerprint density at radius 3 is 2.70 bits per heavy atom. The lowest BCUT2D eigenvalue weighted by molar-refractivity contribution is -0.138. The molecule has 1 aliphatic heterocycles. The van der Waals surface area contributed by atoms with Crippen LogP contribution in [0.15, 0.2) is 24.3 Å². The number of carboxylic acids is 1. The van der Waals surface area contributed by atoms with Gasteiger partial charge in [-0.15, -0.1) is 0 Å². The molecule has 23 heavy (non-hydrogen) atoms. The van der Waals surface area contributed by atoms with Crippen LogP contribution >= 0.6 is 0 Å². The zero-order chi connectivity index (χ0) is 17.3. The Labute approximate surface area is 131 Å². The predicted molar refractivity (Wildman–Crippen MR) is 76.0 cm³/mol. The molecule has 0 aromatic heterocycles. The number of halogens is 3. The highest BCUT2D eigenvalue weighted by Crippen LogP contribution is 2.30. The molecule has 1 aromatic carbocycles. The summed E-state index contributed by atoms with van der Waals surface area (Å²) in [6.45, 7) is 2.16. The van der Waals surface area contributed by atoms with Crippen molar-refractivity contribution in [3.63, 3.8) is 0 Å². The molecule has 1 atom stereocenters. The summed E-state index contributed by atoms with van der Waals surface area (Å²) >= 11 is 0. The molecule has 0 aliphatic carbocycles. The molecule has 0 saturated carbocycles. The van der Waals surface area contributed by atoms with E-state index in [2.05, 4.69) is 5.32 Å². The van der Waals surface area contributed by atoms with E-state index >= 15 is 0 Å². The number of aliphatic carboxylic acids is 1. The Hall–Kier alpha value is -2.09. The van der Waals surface area contributed by atoms with Gasteiger partial charge in [0, 0.05) is 24.2 Å².